The lowest BCUT2D eigenvalue weighted by molar-refractivity contribution is -0.0158. The summed E-state index contributed by atoms with van der Waals surface area (Å²) >= 11 is 0. The van der Waals surface area contributed by atoms with Crippen LogP contribution in [0.5, 0.6) is 0 Å². The number of hydrogen-bond acceptors (Lipinski definition) is 2. The minimum Gasteiger partial charge on any atom is -0.378 e. The summed E-state index contributed by atoms with van der Waals surface area (Å²) < 4.78 is 5.60. The third-order valence-corrected chi connectivity index (χ3v) is 4.38. The molecule has 2 nitrogen and oxygen atoms in total. The van der Waals surface area contributed by atoms with E-state index in [0.717, 1.165) is 30.5 Å². The fourth-order valence-corrected chi connectivity index (χ4v) is 3.29. The number of hydrogen-bond donors (Lipinski definition) is 1. The van der Waals surface area contributed by atoms with Gasteiger partial charge in [0.25, 0.3) is 0 Å². The average Bonchev–Trinajstić information content (AvgIpc) is 2.18. The van der Waals surface area contributed by atoms with E-state index in [1.165, 1.54) is 32.1 Å². The van der Waals surface area contributed by atoms with Crippen molar-refractivity contribution in [3.05, 3.63) is 0 Å². The Balaban J connectivity index is 1.67. The Hall–Kier alpha value is -0.0800. The molecule has 0 amide bonds. The van der Waals surface area contributed by atoms with Crippen molar-refractivity contribution in [2.75, 3.05) is 6.61 Å². The molecule has 3 atom stereocenters. The molecule has 2 fully saturated rings. The van der Waals surface area contributed by atoms with Crippen LogP contribution in [0.3, 0.4) is 0 Å². The first-order valence-electron chi connectivity index (χ1n) is 7.06. The third-order valence-electron chi connectivity index (χ3n) is 4.38. The fraction of sp³-hybridized carbons (Fsp3) is 1.00. The minimum absolute atomic E-state index is 0.542. The molecule has 0 spiro atoms. The zero-order valence-corrected chi connectivity index (χ0v) is 11.0. The smallest absolute Gasteiger partial charge is 0.0604 e. The molecule has 0 bridgehead atoms. The van der Waals surface area contributed by atoms with E-state index in [0.29, 0.717) is 6.10 Å². The predicted molar refractivity (Wildman–Crippen MR) is 67.5 cm³/mol. The average molecular weight is 225 g/mol. The third kappa shape index (κ3) is 2.98. The van der Waals surface area contributed by atoms with Gasteiger partial charge in [-0.25, -0.2) is 0 Å². The van der Waals surface area contributed by atoms with E-state index >= 15 is 0 Å². The molecule has 0 saturated heterocycles. The highest BCUT2D eigenvalue weighted by molar-refractivity contribution is 4.91. The first-order chi connectivity index (χ1) is 7.69. The van der Waals surface area contributed by atoms with Crippen LogP contribution >= 0.6 is 0 Å². The van der Waals surface area contributed by atoms with Crippen LogP contribution in [-0.2, 0) is 4.74 Å². The van der Waals surface area contributed by atoms with E-state index in [4.69, 9.17) is 4.74 Å². The molecule has 2 heteroatoms. The van der Waals surface area contributed by atoms with Crippen molar-refractivity contribution < 1.29 is 4.74 Å². The summed E-state index contributed by atoms with van der Waals surface area (Å²) in [6.45, 7) is 7.76. The molecule has 0 heterocycles. The standard InChI is InChI=1S/C14H27NO/c1-4-16-13-8-12(9-13)15-14-6-5-10(2)7-11(14)3/h10-15H,4-9H2,1-3H3. The minimum atomic E-state index is 0.542. The van der Waals surface area contributed by atoms with E-state index in [2.05, 4.69) is 26.1 Å². The lowest BCUT2D eigenvalue weighted by atomic mass is 9.78. The Labute approximate surface area is 100 Å². The predicted octanol–water partition coefficient (Wildman–Crippen LogP) is 2.97. The van der Waals surface area contributed by atoms with Crippen LogP contribution in [0.4, 0.5) is 0 Å². The van der Waals surface area contributed by atoms with Gasteiger partial charge < -0.3 is 10.1 Å². The second kappa shape index (κ2) is 5.50. The summed E-state index contributed by atoms with van der Waals surface area (Å²) in [5.74, 6) is 1.79. The molecule has 0 radical (unpaired) electrons. The van der Waals surface area contributed by atoms with Crippen LogP contribution in [0.15, 0.2) is 0 Å². The number of ether oxygens (including phenoxy) is 1. The van der Waals surface area contributed by atoms with Crippen LogP contribution in [0.25, 0.3) is 0 Å². The zero-order chi connectivity index (χ0) is 11.5. The van der Waals surface area contributed by atoms with Gasteiger partial charge in [-0.3, -0.25) is 0 Å². The zero-order valence-electron chi connectivity index (χ0n) is 11.0. The highest BCUT2D eigenvalue weighted by Crippen LogP contribution is 2.31. The maximum absolute atomic E-state index is 5.60. The molecule has 2 saturated carbocycles. The van der Waals surface area contributed by atoms with Crippen molar-refractivity contribution >= 4 is 0 Å². The molecule has 0 aromatic heterocycles. The molecular formula is C14H27NO. The maximum Gasteiger partial charge on any atom is 0.0604 e. The van der Waals surface area contributed by atoms with Crippen molar-refractivity contribution in [3.63, 3.8) is 0 Å². The highest BCUT2D eigenvalue weighted by atomic mass is 16.5. The maximum atomic E-state index is 5.60. The summed E-state index contributed by atoms with van der Waals surface area (Å²) in [5, 5.41) is 3.83. The second-order valence-corrected chi connectivity index (χ2v) is 5.91. The first-order valence-corrected chi connectivity index (χ1v) is 7.06. The lowest BCUT2D eigenvalue weighted by Crippen LogP contribution is -2.52. The number of nitrogens with one attached hydrogen (secondary N) is 1. The molecule has 2 aliphatic rings. The number of rotatable bonds is 4. The summed E-state index contributed by atoms with van der Waals surface area (Å²) in [4.78, 5) is 0. The molecule has 16 heavy (non-hydrogen) atoms. The van der Waals surface area contributed by atoms with Gasteiger partial charge >= 0.3 is 0 Å². The van der Waals surface area contributed by atoms with Crippen LogP contribution in [-0.4, -0.2) is 24.8 Å². The molecule has 0 aromatic rings. The van der Waals surface area contributed by atoms with Crippen molar-refractivity contribution in [2.24, 2.45) is 11.8 Å². The van der Waals surface area contributed by atoms with E-state index in [-0.39, 0.29) is 0 Å². The van der Waals surface area contributed by atoms with Gasteiger partial charge in [0.15, 0.2) is 0 Å². The highest BCUT2D eigenvalue weighted by Gasteiger charge is 2.33. The van der Waals surface area contributed by atoms with Gasteiger partial charge in [0, 0.05) is 18.7 Å². The molecule has 3 unspecified atom stereocenters. The van der Waals surface area contributed by atoms with Gasteiger partial charge in [0.2, 0.25) is 0 Å². The largest absolute Gasteiger partial charge is 0.378 e. The van der Waals surface area contributed by atoms with Crippen LogP contribution in [0.2, 0.25) is 0 Å². The summed E-state index contributed by atoms with van der Waals surface area (Å²) in [5.41, 5.74) is 0. The Kier molecular flexibility index (Phi) is 4.26. The molecule has 0 aliphatic heterocycles. The van der Waals surface area contributed by atoms with Crippen molar-refractivity contribution in [1.82, 2.24) is 5.32 Å². The van der Waals surface area contributed by atoms with Gasteiger partial charge in [0.1, 0.15) is 0 Å². The van der Waals surface area contributed by atoms with Gasteiger partial charge in [-0.15, -0.1) is 0 Å². The van der Waals surface area contributed by atoms with Gasteiger partial charge in [0.05, 0.1) is 6.10 Å². The first kappa shape index (κ1) is 12.4. The van der Waals surface area contributed by atoms with E-state index < -0.39 is 0 Å². The lowest BCUT2D eigenvalue weighted by Gasteiger charge is -2.42. The molecule has 1 N–H and O–H groups in total. The van der Waals surface area contributed by atoms with E-state index in [1.807, 2.05) is 0 Å². The molecular weight excluding hydrogens is 198 g/mol. The van der Waals surface area contributed by atoms with Crippen LogP contribution < -0.4 is 5.32 Å². The second-order valence-electron chi connectivity index (χ2n) is 5.91. The van der Waals surface area contributed by atoms with Crippen molar-refractivity contribution in [1.29, 1.82) is 0 Å². The Bertz CT molecular complexity index is 213. The summed E-state index contributed by atoms with van der Waals surface area (Å²) in [6.07, 6.45) is 7.18. The Morgan fingerprint density at radius 3 is 2.50 bits per heavy atom. The molecule has 94 valence electrons. The quantitative estimate of drug-likeness (QED) is 0.794. The van der Waals surface area contributed by atoms with E-state index in [9.17, 15) is 0 Å². The van der Waals surface area contributed by atoms with Crippen LogP contribution in [0, 0.1) is 11.8 Å². The van der Waals surface area contributed by atoms with Gasteiger partial charge in [-0.1, -0.05) is 13.8 Å². The SMILES string of the molecule is CCOC1CC(NC2CCC(C)CC2C)C1. The van der Waals surface area contributed by atoms with Crippen molar-refractivity contribution in [2.45, 2.75) is 71.1 Å². The van der Waals surface area contributed by atoms with Crippen LogP contribution in [0.1, 0.15) is 52.9 Å². The van der Waals surface area contributed by atoms with Gasteiger partial charge in [-0.2, -0.15) is 0 Å². The Morgan fingerprint density at radius 2 is 1.88 bits per heavy atom. The van der Waals surface area contributed by atoms with Crippen molar-refractivity contribution in [3.8, 4) is 0 Å². The molecule has 2 rings (SSSR count). The monoisotopic (exact) mass is 225 g/mol. The van der Waals surface area contributed by atoms with E-state index in [1.54, 1.807) is 0 Å². The fourth-order valence-electron chi connectivity index (χ4n) is 3.29. The normalized spacial score (nSPS) is 44.1. The molecule has 0 aromatic carbocycles. The van der Waals surface area contributed by atoms with Gasteiger partial charge in [-0.05, 0) is 50.9 Å². The molecule has 2 aliphatic carbocycles. The summed E-state index contributed by atoms with van der Waals surface area (Å²) in [7, 11) is 0. The Morgan fingerprint density at radius 1 is 1.12 bits per heavy atom. The topological polar surface area (TPSA) is 21.3 Å². The summed E-state index contributed by atoms with van der Waals surface area (Å²) in [6, 6.07) is 1.50.